The quantitative estimate of drug-likeness (QED) is 0.498. The van der Waals surface area contributed by atoms with E-state index in [-0.39, 0.29) is 0 Å². The van der Waals surface area contributed by atoms with E-state index in [9.17, 15) is 0 Å². The van der Waals surface area contributed by atoms with E-state index < -0.39 is 0 Å². The Bertz CT molecular complexity index is 166. The molecule has 70 valence electrons. The molecule has 0 atom stereocenters. The Morgan fingerprint density at radius 3 is 2.33 bits per heavy atom. The minimum atomic E-state index is 1.18. The highest BCUT2D eigenvalue weighted by atomic mass is 127. The predicted octanol–water partition coefficient (Wildman–Crippen LogP) is 4.85. The van der Waals surface area contributed by atoms with Crippen LogP contribution in [0.4, 0.5) is 0 Å². The second-order valence-electron chi connectivity index (χ2n) is 2.84. The monoisotopic (exact) mass is 278 g/mol. The first-order chi connectivity index (χ1) is 5.74. The molecule has 0 heterocycles. The summed E-state index contributed by atoms with van der Waals surface area (Å²) in [6, 6.07) is 0. The minimum absolute atomic E-state index is 1.18. The van der Waals surface area contributed by atoms with Gasteiger partial charge < -0.3 is 0 Å². The number of rotatable bonds is 5. The number of halogens is 1. The van der Waals surface area contributed by atoms with Crippen molar-refractivity contribution in [1.82, 2.24) is 0 Å². The molecule has 0 bridgehead atoms. The summed E-state index contributed by atoms with van der Waals surface area (Å²) in [7, 11) is 0. The molecule has 0 spiro atoms. The van der Waals surface area contributed by atoms with Gasteiger partial charge in [0.1, 0.15) is 0 Å². The summed E-state index contributed by atoms with van der Waals surface area (Å²) >= 11 is 2.42. The lowest BCUT2D eigenvalue weighted by atomic mass is 10.1. The highest BCUT2D eigenvalue weighted by molar-refractivity contribution is 14.1. The molecule has 0 saturated heterocycles. The number of hydrogen-bond acceptors (Lipinski definition) is 0. The van der Waals surface area contributed by atoms with Gasteiger partial charge in [-0.2, -0.15) is 0 Å². The van der Waals surface area contributed by atoms with Gasteiger partial charge in [-0.05, 0) is 58.8 Å². The van der Waals surface area contributed by atoms with Crippen molar-refractivity contribution >= 4 is 22.6 Å². The van der Waals surface area contributed by atoms with E-state index in [1.807, 2.05) is 0 Å². The van der Waals surface area contributed by atoms with E-state index in [1.165, 1.54) is 29.3 Å². The summed E-state index contributed by atoms with van der Waals surface area (Å²) in [4.78, 5) is 0. The zero-order valence-corrected chi connectivity index (χ0v) is 10.5. The van der Waals surface area contributed by atoms with Crippen LogP contribution < -0.4 is 0 Å². The second kappa shape index (κ2) is 7.84. The van der Waals surface area contributed by atoms with Crippen molar-refractivity contribution in [2.45, 2.75) is 46.5 Å². The molecule has 0 aliphatic carbocycles. The lowest BCUT2D eigenvalue weighted by molar-refractivity contribution is 0.900. The molecule has 0 fully saturated rings. The third kappa shape index (κ3) is 5.81. The maximum Gasteiger partial charge on any atom is -0.0137 e. The first kappa shape index (κ1) is 12.2. The molecular weight excluding hydrogens is 259 g/mol. The van der Waals surface area contributed by atoms with E-state index in [1.54, 1.807) is 5.57 Å². The van der Waals surface area contributed by atoms with Crippen molar-refractivity contribution < 1.29 is 0 Å². The van der Waals surface area contributed by atoms with Crippen LogP contribution in [0, 0.1) is 0 Å². The van der Waals surface area contributed by atoms with Crippen LogP contribution in [0.15, 0.2) is 21.3 Å². The van der Waals surface area contributed by atoms with E-state index in [0.717, 1.165) is 0 Å². The Balaban J connectivity index is 3.68. The topological polar surface area (TPSA) is 0 Å². The highest BCUT2D eigenvalue weighted by Crippen LogP contribution is 2.15. The molecule has 0 aliphatic rings. The lowest BCUT2D eigenvalue weighted by Crippen LogP contribution is -1.79. The zero-order chi connectivity index (χ0) is 9.40. The average Bonchev–Trinajstić information content (AvgIpc) is 2.12. The van der Waals surface area contributed by atoms with Gasteiger partial charge in [-0.3, -0.25) is 0 Å². The smallest absolute Gasteiger partial charge is 0.0137 e. The van der Waals surface area contributed by atoms with Crippen LogP contribution in [-0.4, -0.2) is 0 Å². The molecule has 0 nitrogen and oxygen atoms in total. The summed E-state index contributed by atoms with van der Waals surface area (Å²) in [6.07, 6.45) is 9.41. The Labute approximate surface area is 90.3 Å². The summed E-state index contributed by atoms with van der Waals surface area (Å²) in [5.41, 5.74) is 1.58. The van der Waals surface area contributed by atoms with Crippen LogP contribution in [0.1, 0.15) is 46.5 Å². The molecule has 0 aromatic heterocycles. The largest absolute Gasteiger partial charge is 0.0885 e. The van der Waals surface area contributed by atoms with E-state index in [2.05, 4.69) is 55.5 Å². The standard InChI is InChI=1S/C11H19I/c1-4-10(5-2)8-7-9-11(12)6-3/h4,9H,5-8H2,1-3H3/b10-4+,11-9+. The Kier molecular flexibility index (Phi) is 7.98. The zero-order valence-electron chi connectivity index (χ0n) is 8.36. The summed E-state index contributed by atoms with van der Waals surface area (Å²) in [5, 5.41) is 0. The van der Waals surface area contributed by atoms with Crippen LogP contribution in [-0.2, 0) is 0 Å². The third-order valence-electron chi connectivity index (χ3n) is 2.03. The fourth-order valence-electron chi connectivity index (χ4n) is 1.08. The van der Waals surface area contributed by atoms with Gasteiger partial charge in [0.15, 0.2) is 0 Å². The fraction of sp³-hybridized carbons (Fsp3) is 0.636. The van der Waals surface area contributed by atoms with Crippen molar-refractivity contribution in [3.8, 4) is 0 Å². The van der Waals surface area contributed by atoms with Gasteiger partial charge in [0.05, 0.1) is 0 Å². The van der Waals surface area contributed by atoms with Gasteiger partial charge in [0.2, 0.25) is 0 Å². The molecule has 0 rings (SSSR count). The van der Waals surface area contributed by atoms with Crippen LogP contribution in [0.25, 0.3) is 0 Å². The number of allylic oxidation sites excluding steroid dienone is 4. The van der Waals surface area contributed by atoms with Crippen LogP contribution in [0.2, 0.25) is 0 Å². The summed E-state index contributed by atoms with van der Waals surface area (Å²) in [6.45, 7) is 6.56. The normalized spacial score (nSPS) is 13.7. The fourth-order valence-corrected chi connectivity index (χ4v) is 1.40. The van der Waals surface area contributed by atoms with Gasteiger partial charge in [0, 0.05) is 0 Å². The highest BCUT2D eigenvalue weighted by Gasteiger charge is 1.91. The Morgan fingerprint density at radius 1 is 1.25 bits per heavy atom. The first-order valence-corrected chi connectivity index (χ1v) is 5.81. The molecule has 12 heavy (non-hydrogen) atoms. The maximum atomic E-state index is 2.42. The molecule has 0 aromatic rings. The van der Waals surface area contributed by atoms with Crippen LogP contribution in [0.3, 0.4) is 0 Å². The summed E-state index contributed by atoms with van der Waals surface area (Å²) in [5.74, 6) is 0. The van der Waals surface area contributed by atoms with Crippen molar-refractivity contribution in [2.24, 2.45) is 0 Å². The molecule has 0 aliphatic heterocycles. The van der Waals surface area contributed by atoms with Gasteiger partial charge in [0.25, 0.3) is 0 Å². The third-order valence-corrected chi connectivity index (χ3v) is 3.23. The Morgan fingerprint density at radius 2 is 1.92 bits per heavy atom. The van der Waals surface area contributed by atoms with Gasteiger partial charge in [-0.15, -0.1) is 0 Å². The molecule has 0 N–H and O–H groups in total. The van der Waals surface area contributed by atoms with E-state index >= 15 is 0 Å². The van der Waals surface area contributed by atoms with Crippen LogP contribution in [0.5, 0.6) is 0 Å². The first-order valence-electron chi connectivity index (χ1n) is 4.73. The Hall–Kier alpha value is 0.210. The SMILES string of the molecule is C/C=C(\CC)CC/C=C(/I)CC. The van der Waals surface area contributed by atoms with E-state index in [4.69, 9.17) is 0 Å². The van der Waals surface area contributed by atoms with Crippen molar-refractivity contribution in [3.63, 3.8) is 0 Å². The molecular formula is C11H19I. The predicted molar refractivity (Wildman–Crippen MR) is 65.7 cm³/mol. The molecule has 0 radical (unpaired) electrons. The molecule has 1 heteroatoms. The lowest BCUT2D eigenvalue weighted by Gasteiger charge is -2.00. The number of hydrogen-bond donors (Lipinski definition) is 0. The molecule has 0 saturated carbocycles. The van der Waals surface area contributed by atoms with Gasteiger partial charge in [-0.1, -0.05) is 31.6 Å². The maximum absolute atomic E-state index is 2.42. The molecule has 0 amide bonds. The van der Waals surface area contributed by atoms with Gasteiger partial charge in [-0.25, -0.2) is 0 Å². The van der Waals surface area contributed by atoms with Gasteiger partial charge >= 0.3 is 0 Å². The second-order valence-corrected chi connectivity index (χ2v) is 4.23. The van der Waals surface area contributed by atoms with Crippen LogP contribution >= 0.6 is 22.6 Å². The minimum Gasteiger partial charge on any atom is -0.0885 e. The van der Waals surface area contributed by atoms with Crippen molar-refractivity contribution in [2.75, 3.05) is 0 Å². The average molecular weight is 278 g/mol. The molecule has 0 aromatic carbocycles. The van der Waals surface area contributed by atoms with Crippen molar-refractivity contribution in [3.05, 3.63) is 21.3 Å². The van der Waals surface area contributed by atoms with Crippen molar-refractivity contribution in [1.29, 1.82) is 0 Å². The molecule has 0 unspecified atom stereocenters. The summed E-state index contributed by atoms with van der Waals surface area (Å²) < 4.78 is 1.49. The van der Waals surface area contributed by atoms with E-state index in [0.29, 0.717) is 0 Å².